The van der Waals surface area contributed by atoms with Crippen LogP contribution in [0.15, 0.2) is 36.4 Å². The van der Waals surface area contributed by atoms with Crippen molar-refractivity contribution in [2.75, 3.05) is 19.5 Å². The molecule has 0 aromatic heterocycles. The molecule has 0 fully saturated rings. The zero-order chi connectivity index (χ0) is 17.0. The lowest BCUT2D eigenvalue weighted by Gasteiger charge is -2.14. The average molecular weight is 317 g/mol. The Morgan fingerprint density at radius 2 is 1.70 bits per heavy atom. The molecule has 0 spiro atoms. The van der Waals surface area contributed by atoms with Crippen LogP contribution < -0.4 is 19.9 Å². The van der Waals surface area contributed by atoms with E-state index < -0.39 is 16.6 Å². The van der Waals surface area contributed by atoms with Crippen molar-refractivity contribution in [3.8, 4) is 17.2 Å². The first kappa shape index (κ1) is 16.1. The number of amides is 1. The van der Waals surface area contributed by atoms with Crippen LogP contribution in [-0.2, 0) is 0 Å². The monoisotopic (exact) mass is 317 g/mol. The van der Waals surface area contributed by atoms with Crippen molar-refractivity contribution in [1.29, 1.82) is 0 Å². The summed E-state index contributed by atoms with van der Waals surface area (Å²) in [6, 6.07) is 7.62. The molecule has 0 saturated carbocycles. The number of methoxy groups -OCH3 is 2. The molecule has 0 saturated heterocycles. The maximum atomic E-state index is 12.3. The molecule has 2 aromatic rings. The van der Waals surface area contributed by atoms with Crippen LogP contribution in [-0.4, -0.2) is 25.1 Å². The van der Waals surface area contributed by atoms with Gasteiger partial charge in [0, 0.05) is 29.4 Å². The Labute approximate surface area is 131 Å². The van der Waals surface area contributed by atoms with E-state index in [0.717, 1.165) is 18.2 Å². The minimum Gasteiger partial charge on any atom is -0.871 e. The van der Waals surface area contributed by atoms with E-state index in [-0.39, 0.29) is 16.9 Å². The normalized spacial score (nSPS) is 10.0. The molecular weight excluding hydrogens is 304 g/mol. The van der Waals surface area contributed by atoms with Crippen molar-refractivity contribution < 1.29 is 24.3 Å². The number of nitro benzene ring substituents is 1. The molecule has 8 nitrogen and oxygen atoms in total. The number of nitro groups is 1. The number of rotatable bonds is 5. The first-order valence-electron chi connectivity index (χ1n) is 6.44. The third kappa shape index (κ3) is 3.67. The lowest BCUT2D eigenvalue weighted by molar-refractivity contribution is -0.385. The van der Waals surface area contributed by atoms with Gasteiger partial charge in [0.1, 0.15) is 11.5 Å². The first-order valence-corrected chi connectivity index (χ1v) is 6.44. The Balaban J connectivity index is 2.32. The molecule has 0 aliphatic carbocycles. The van der Waals surface area contributed by atoms with Crippen molar-refractivity contribution in [2.24, 2.45) is 0 Å². The van der Waals surface area contributed by atoms with Gasteiger partial charge in [-0.25, -0.2) is 0 Å². The fraction of sp³-hybridized carbons (Fsp3) is 0.133. The van der Waals surface area contributed by atoms with Gasteiger partial charge in [-0.1, -0.05) is 11.8 Å². The van der Waals surface area contributed by atoms with Gasteiger partial charge in [0.2, 0.25) is 0 Å². The van der Waals surface area contributed by atoms with Crippen molar-refractivity contribution in [3.63, 3.8) is 0 Å². The summed E-state index contributed by atoms with van der Waals surface area (Å²) < 4.78 is 10.1. The summed E-state index contributed by atoms with van der Waals surface area (Å²) in [5.74, 6) is -0.342. The summed E-state index contributed by atoms with van der Waals surface area (Å²) in [5, 5.41) is 24.8. The number of hydrogen-bond donors (Lipinski definition) is 1. The van der Waals surface area contributed by atoms with E-state index in [1.807, 2.05) is 0 Å². The van der Waals surface area contributed by atoms with Crippen molar-refractivity contribution in [1.82, 2.24) is 0 Å². The van der Waals surface area contributed by atoms with Crippen LogP contribution in [0, 0.1) is 10.1 Å². The molecule has 2 rings (SSSR count). The van der Waals surface area contributed by atoms with E-state index in [9.17, 15) is 20.0 Å². The van der Waals surface area contributed by atoms with Crippen molar-refractivity contribution in [2.45, 2.75) is 0 Å². The summed E-state index contributed by atoms with van der Waals surface area (Å²) in [4.78, 5) is 22.3. The van der Waals surface area contributed by atoms with Gasteiger partial charge >= 0.3 is 0 Å². The van der Waals surface area contributed by atoms with E-state index >= 15 is 0 Å². The minimum absolute atomic E-state index is 0.175. The average Bonchev–Trinajstić information content (AvgIpc) is 2.55. The van der Waals surface area contributed by atoms with Crippen LogP contribution in [0.4, 0.5) is 11.4 Å². The molecule has 0 aliphatic rings. The Morgan fingerprint density at radius 3 is 2.22 bits per heavy atom. The molecule has 0 unspecified atom stereocenters. The van der Waals surface area contributed by atoms with Crippen LogP contribution in [0.25, 0.3) is 0 Å². The maximum absolute atomic E-state index is 12.3. The molecule has 0 heterocycles. The predicted octanol–water partition coefficient (Wildman–Crippen LogP) is 1.94. The fourth-order valence-electron chi connectivity index (χ4n) is 1.86. The van der Waals surface area contributed by atoms with Gasteiger partial charge in [-0.3, -0.25) is 14.9 Å². The Hall–Kier alpha value is -3.29. The van der Waals surface area contributed by atoms with Crippen LogP contribution in [0.2, 0.25) is 0 Å². The van der Waals surface area contributed by atoms with E-state index in [1.165, 1.54) is 26.4 Å². The van der Waals surface area contributed by atoms with E-state index in [2.05, 4.69) is 5.32 Å². The standard InChI is InChI=1S/C15H14N2O6/c1-22-11-5-9(6-12(8-11)23-2)15(19)16-13-7-10(17(20)21)3-4-14(13)18/h3-8,18H,1-2H3,(H,16,19)/p-1. The highest BCUT2D eigenvalue weighted by atomic mass is 16.6. The van der Waals surface area contributed by atoms with E-state index in [1.54, 1.807) is 6.07 Å². The third-order valence-corrected chi connectivity index (χ3v) is 3.04. The molecular formula is C15H13N2O6-. The lowest BCUT2D eigenvalue weighted by atomic mass is 10.1. The van der Waals surface area contributed by atoms with E-state index in [0.29, 0.717) is 11.5 Å². The zero-order valence-electron chi connectivity index (χ0n) is 12.4. The summed E-state index contributed by atoms with van der Waals surface area (Å²) in [7, 11) is 2.87. The third-order valence-electron chi connectivity index (χ3n) is 3.04. The van der Waals surface area contributed by atoms with Crippen molar-refractivity contribution >= 4 is 17.3 Å². The van der Waals surface area contributed by atoms with Gasteiger partial charge in [-0.15, -0.1) is 0 Å². The van der Waals surface area contributed by atoms with Crippen molar-refractivity contribution in [3.05, 3.63) is 52.1 Å². The largest absolute Gasteiger partial charge is 0.871 e. The highest BCUT2D eigenvalue weighted by Gasteiger charge is 2.13. The molecule has 0 aliphatic heterocycles. The lowest BCUT2D eigenvalue weighted by Crippen LogP contribution is -2.14. The molecule has 2 aromatic carbocycles. The molecule has 23 heavy (non-hydrogen) atoms. The second-order valence-corrected chi connectivity index (χ2v) is 4.49. The number of nitrogens with zero attached hydrogens (tertiary/aromatic N) is 1. The molecule has 0 bridgehead atoms. The fourth-order valence-corrected chi connectivity index (χ4v) is 1.86. The number of hydrogen-bond acceptors (Lipinski definition) is 6. The topological polar surface area (TPSA) is 114 Å². The summed E-state index contributed by atoms with van der Waals surface area (Å²) in [6.45, 7) is 0. The highest BCUT2D eigenvalue weighted by Crippen LogP contribution is 2.27. The SMILES string of the molecule is COc1cc(OC)cc(C(=O)Nc2cc([N+](=O)[O-])ccc2[O-])c1. The predicted molar refractivity (Wildman–Crippen MR) is 80.0 cm³/mol. The number of anilines is 1. The van der Waals surface area contributed by atoms with Crippen LogP contribution in [0.1, 0.15) is 10.4 Å². The number of non-ortho nitro benzene ring substituents is 1. The summed E-state index contributed by atoms with van der Waals surface area (Å²) >= 11 is 0. The second kappa shape index (κ2) is 6.65. The molecule has 8 heteroatoms. The molecule has 0 atom stereocenters. The molecule has 1 N–H and O–H groups in total. The minimum atomic E-state index is -0.649. The number of benzene rings is 2. The Kier molecular flexibility index (Phi) is 4.65. The second-order valence-electron chi connectivity index (χ2n) is 4.49. The van der Waals surface area contributed by atoms with Gasteiger partial charge in [0.15, 0.2) is 0 Å². The first-order chi connectivity index (χ1) is 10.9. The zero-order valence-corrected chi connectivity index (χ0v) is 12.4. The van der Waals surface area contributed by atoms with Crippen LogP contribution in [0.3, 0.4) is 0 Å². The molecule has 0 radical (unpaired) electrons. The molecule has 1 amide bonds. The van der Waals surface area contributed by atoms with Crippen LogP contribution >= 0.6 is 0 Å². The highest BCUT2D eigenvalue weighted by molar-refractivity contribution is 6.05. The van der Waals surface area contributed by atoms with Gasteiger partial charge < -0.3 is 19.9 Å². The van der Waals surface area contributed by atoms with Gasteiger partial charge in [0.05, 0.1) is 19.1 Å². The number of carbonyl (C=O) groups is 1. The van der Waals surface area contributed by atoms with Gasteiger partial charge in [0.25, 0.3) is 11.6 Å². The number of nitrogens with one attached hydrogen (secondary N) is 1. The molecule has 120 valence electrons. The number of ether oxygens (including phenoxy) is 2. The van der Waals surface area contributed by atoms with Gasteiger partial charge in [-0.2, -0.15) is 0 Å². The summed E-state index contributed by atoms with van der Waals surface area (Å²) in [5.41, 5.74) is -0.277. The van der Waals surface area contributed by atoms with Crippen LogP contribution in [0.5, 0.6) is 17.2 Å². The van der Waals surface area contributed by atoms with E-state index in [4.69, 9.17) is 9.47 Å². The smallest absolute Gasteiger partial charge is 0.271 e. The Morgan fingerprint density at radius 1 is 1.09 bits per heavy atom. The quantitative estimate of drug-likeness (QED) is 0.666. The maximum Gasteiger partial charge on any atom is 0.271 e. The Bertz CT molecular complexity index is 737. The van der Waals surface area contributed by atoms with Gasteiger partial charge in [-0.05, 0) is 12.1 Å². The summed E-state index contributed by atoms with van der Waals surface area (Å²) in [6.07, 6.45) is 0. The number of carbonyl (C=O) groups excluding carboxylic acids is 1.